The van der Waals surface area contributed by atoms with E-state index in [9.17, 15) is 9.59 Å². The number of aliphatic hydroxyl groups excluding tert-OH is 1. The van der Waals surface area contributed by atoms with Gasteiger partial charge in [-0.1, -0.05) is 31.2 Å². The second-order valence-electron chi connectivity index (χ2n) is 6.44. The Hall–Kier alpha value is -3.87. The van der Waals surface area contributed by atoms with Gasteiger partial charge in [0.05, 0.1) is 18.2 Å². The lowest BCUT2D eigenvalue weighted by molar-refractivity contribution is -0.124. The number of hydrogen-bond acceptors (Lipinski definition) is 7. The Morgan fingerprint density at radius 3 is 2.55 bits per heavy atom. The summed E-state index contributed by atoms with van der Waals surface area (Å²) >= 11 is 0. The fourth-order valence-electron chi connectivity index (χ4n) is 2.72. The molecule has 0 aliphatic rings. The number of carbonyl (C=O) groups is 2. The minimum absolute atomic E-state index is 0.0539. The highest BCUT2D eigenvalue weighted by molar-refractivity contribution is 5.86. The number of benzene rings is 2. The highest BCUT2D eigenvalue weighted by Gasteiger charge is 2.25. The van der Waals surface area contributed by atoms with Gasteiger partial charge in [0.2, 0.25) is 0 Å². The molecule has 0 aliphatic heterocycles. The van der Waals surface area contributed by atoms with Gasteiger partial charge in [-0.15, -0.1) is 0 Å². The van der Waals surface area contributed by atoms with Crippen molar-refractivity contribution in [2.75, 3.05) is 18.5 Å². The Labute approximate surface area is 179 Å². The molecule has 0 radical (unpaired) electrons. The van der Waals surface area contributed by atoms with Crippen LogP contribution in [-0.2, 0) is 9.53 Å². The van der Waals surface area contributed by atoms with Gasteiger partial charge < -0.3 is 14.6 Å². The number of hydroxylamine groups is 1. The van der Waals surface area contributed by atoms with Crippen LogP contribution in [0.2, 0.25) is 0 Å². The lowest BCUT2D eigenvalue weighted by Crippen LogP contribution is -2.22. The third-order valence-electron chi connectivity index (χ3n) is 4.21. The number of nitrogens with one attached hydrogen (secondary N) is 2. The number of ether oxygens (including phenoxy) is 2. The highest BCUT2D eigenvalue weighted by atomic mass is 16.6. The van der Waals surface area contributed by atoms with Crippen molar-refractivity contribution in [3.63, 3.8) is 0 Å². The first-order chi connectivity index (χ1) is 15.0. The molecule has 0 bridgehead atoms. The molecule has 9 nitrogen and oxygen atoms in total. The SMILES string of the molecule is C[C@H](/C=C/C(=O)NO)[C@@H](OC(=O)Nc1ccc(C#N)cc1)c1ccccc1OCCO. The summed E-state index contributed by atoms with van der Waals surface area (Å²) < 4.78 is 11.2. The van der Waals surface area contributed by atoms with E-state index in [0.29, 0.717) is 22.6 Å². The van der Waals surface area contributed by atoms with E-state index in [1.54, 1.807) is 55.5 Å². The zero-order chi connectivity index (χ0) is 22.6. The first kappa shape index (κ1) is 23.4. The smallest absolute Gasteiger partial charge is 0.412 e. The normalized spacial score (nSPS) is 12.5. The summed E-state index contributed by atoms with van der Waals surface area (Å²) in [6, 6.07) is 15.1. The Bertz CT molecular complexity index is 952. The number of hydrogen-bond donors (Lipinski definition) is 4. The maximum atomic E-state index is 12.6. The monoisotopic (exact) mass is 425 g/mol. The van der Waals surface area contributed by atoms with Crippen molar-refractivity contribution in [2.24, 2.45) is 5.92 Å². The number of carbonyl (C=O) groups excluding carboxylic acids is 2. The molecular formula is C22H23N3O6. The van der Waals surface area contributed by atoms with E-state index in [2.05, 4.69) is 5.32 Å². The van der Waals surface area contributed by atoms with Crippen molar-refractivity contribution in [3.8, 4) is 11.8 Å². The standard InChI is InChI=1S/C22H23N3O6/c1-15(6-11-20(27)25-29)21(18-4-2-3-5-19(18)30-13-12-26)31-22(28)24-17-9-7-16(14-23)8-10-17/h2-11,15,21,26,29H,12-13H2,1H3,(H,24,28)(H,25,27)/b11-6+/t15-,21-/m1/s1. The molecular weight excluding hydrogens is 402 g/mol. The molecule has 0 aliphatic carbocycles. The number of aliphatic hydroxyl groups is 1. The van der Waals surface area contributed by atoms with Gasteiger partial charge >= 0.3 is 6.09 Å². The topological polar surface area (TPSA) is 141 Å². The molecule has 0 aromatic heterocycles. The Balaban J connectivity index is 2.26. The van der Waals surface area contributed by atoms with E-state index in [-0.39, 0.29) is 13.2 Å². The van der Waals surface area contributed by atoms with E-state index in [1.807, 2.05) is 6.07 Å². The second kappa shape index (κ2) is 12.0. The summed E-state index contributed by atoms with van der Waals surface area (Å²) in [6.45, 7) is 1.59. The minimum Gasteiger partial charge on any atom is -0.491 e. The minimum atomic E-state index is -0.851. The number of amides is 2. The molecule has 0 unspecified atom stereocenters. The van der Waals surface area contributed by atoms with E-state index in [4.69, 9.17) is 25.0 Å². The summed E-state index contributed by atoms with van der Waals surface area (Å²) in [4.78, 5) is 23.9. The van der Waals surface area contributed by atoms with Gasteiger partial charge in [-0.2, -0.15) is 5.26 Å². The lowest BCUT2D eigenvalue weighted by Gasteiger charge is -2.24. The summed E-state index contributed by atoms with van der Waals surface area (Å²) in [5.74, 6) is -0.792. The van der Waals surface area contributed by atoms with Crippen LogP contribution in [0.25, 0.3) is 0 Å². The van der Waals surface area contributed by atoms with Crippen molar-refractivity contribution < 1.29 is 29.4 Å². The maximum absolute atomic E-state index is 12.6. The molecule has 0 saturated carbocycles. The summed E-state index contributed by atoms with van der Waals surface area (Å²) in [5, 5.41) is 29.2. The summed E-state index contributed by atoms with van der Waals surface area (Å²) in [7, 11) is 0. The van der Waals surface area contributed by atoms with E-state index in [0.717, 1.165) is 6.08 Å². The van der Waals surface area contributed by atoms with Crippen LogP contribution in [0.15, 0.2) is 60.7 Å². The third-order valence-corrected chi connectivity index (χ3v) is 4.21. The van der Waals surface area contributed by atoms with Crippen molar-refractivity contribution in [3.05, 3.63) is 71.8 Å². The highest BCUT2D eigenvalue weighted by Crippen LogP contribution is 2.34. The summed E-state index contributed by atoms with van der Waals surface area (Å²) in [6.07, 6.45) is 1.000. The molecule has 0 fully saturated rings. The van der Waals surface area contributed by atoms with E-state index < -0.39 is 24.0 Å². The fraction of sp³-hybridized carbons (Fsp3) is 0.227. The molecule has 4 N–H and O–H groups in total. The Morgan fingerprint density at radius 2 is 1.90 bits per heavy atom. The van der Waals surface area contributed by atoms with E-state index >= 15 is 0 Å². The number of para-hydroxylation sites is 1. The Kier molecular flexibility index (Phi) is 9.04. The van der Waals surface area contributed by atoms with Crippen LogP contribution in [0.3, 0.4) is 0 Å². The van der Waals surface area contributed by atoms with Crippen molar-refractivity contribution in [1.82, 2.24) is 5.48 Å². The first-order valence-corrected chi connectivity index (χ1v) is 9.41. The molecule has 0 heterocycles. The van der Waals surface area contributed by atoms with Gasteiger partial charge in [0, 0.05) is 23.2 Å². The molecule has 0 spiro atoms. The fourth-order valence-corrected chi connectivity index (χ4v) is 2.72. The van der Waals surface area contributed by atoms with Crippen LogP contribution < -0.4 is 15.5 Å². The second-order valence-corrected chi connectivity index (χ2v) is 6.44. The van der Waals surface area contributed by atoms with Crippen LogP contribution in [0, 0.1) is 17.2 Å². The molecule has 162 valence electrons. The van der Waals surface area contributed by atoms with Crippen LogP contribution >= 0.6 is 0 Å². The average molecular weight is 425 g/mol. The van der Waals surface area contributed by atoms with Gasteiger partial charge in [0.25, 0.3) is 5.91 Å². The lowest BCUT2D eigenvalue weighted by atomic mass is 9.96. The zero-order valence-electron chi connectivity index (χ0n) is 16.8. The number of anilines is 1. The number of nitriles is 1. The summed E-state index contributed by atoms with van der Waals surface area (Å²) in [5.41, 5.74) is 2.93. The molecule has 2 aromatic rings. The van der Waals surface area contributed by atoms with Crippen LogP contribution in [0.4, 0.5) is 10.5 Å². The molecule has 2 atom stereocenters. The molecule has 2 amide bonds. The Morgan fingerprint density at radius 1 is 1.19 bits per heavy atom. The molecule has 2 aromatic carbocycles. The van der Waals surface area contributed by atoms with Gasteiger partial charge in [-0.05, 0) is 30.3 Å². The van der Waals surface area contributed by atoms with E-state index in [1.165, 1.54) is 11.6 Å². The van der Waals surface area contributed by atoms with Gasteiger partial charge in [-0.3, -0.25) is 15.3 Å². The third kappa shape index (κ3) is 7.15. The zero-order valence-corrected chi connectivity index (χ0v) is 16.8. The molecule has 9 heteroatoms. The quantitative estimate of drug-likeness (QED) is 0.275. The first-order valence-electron chi connectivity index (χ1n) is 9.41. The van der Waals surface area contributed by atoms with Gasteiger partial charge in [-0.25, -0.2) is 10.3 Å². The predicted octanol–water partition coefficient (Wildman–Crippen LogP) is 2.92. The van der Waals surface area contributed by atoms with Crippen molar-refractivity contribution in [1.29, 1.82) is 5.26 Å². The molecule has 0 saturated heterocycles. The number of rotatable bonds is 9. The predicted molar refractivity (Wildman–Crippen MR) is 111 cm³/mol. The molecule has 31 heavy (non-hydrogen) atoms. The van der Waals surface area contributed by atoms with Crippen LogP contribution in [0.5, 0.6) is 5.75 Å². The van der Waals surface area contributed by atoms with Crippen LogP contribution in [0.1, 0.15) is 24.2 Å². The van der Waals surface area contributed by atoms with Crippen LogP contribution in [-0.4, -0.2) is 35.5 Å². The largest absolute Gasteiger partial charge is 0.491 e. The van der Waals surface area contributed by atoms with Gasteiger partial charge in [0.1, 0.15) is 18.5 Å². The molecule has 2 rings (SSSR count). The number of nitrogens with zero attached hydrogens (tertiary/aromatic N) is 1. The van der Waals surface area contributed by atoms with Crippen molar-refractivity contribution in [2.45, 2.75) is 13.0 Å². The average Bonchev–Trinajstić information content (AvgIpc) is 2.80. The van der Waals surface area contributed by atoms with Gasteiger partial charge in [0.15, 0.2) is 0 Å². The van der Waals surface area contributed by atoms with Crippen molar-refractivity contribution >= 4 is 17.7 Å². The maximum Gasteiger partial charge on any atom is 0.412 e.